The van der Waals surface area contributed by atoms with Crippen molar-refractivity contribution in [3.05, 3.63) is 58.2 Å². The zero-order valence-electron chi connectivity index (χ0n) is 16.9. The molecular formula is C21H22Cl2N2O4S. The average molecular weight is 469 g/mol. The van der Waals surface area contributed by atoms with Gasteiger partial charge < -0.3 is 10.1 Å². The van der Waals surface area contributed by atoms with Crippen molar-refractivity contribution in [1.29, 1.82) is 0 Å². The van der Waals surface area contributed by atoms with Gasteiger partial charge in [0.1, 0.15) is 6.04 Å². The smallest absolute Gasteiger partial charge is 0.328 e. The number of aromatic nitrogens is 1. The van der Waals surface area contributed by atoms with Crippen molar-refractivity contribution >= 4 is 55.8 Å². The number of carboxylic acid groups (broad SMARTS) is 1. The first-order valence-electron chi connectivity index (χ1n) is 9.13. The van der Waals surface area contributed by atoms with Gasteiger partial charge >= 0.3 is 5.97 Å². The summed E-state index contributed by atoms with van der Waals surface area (Å²) in [7, 11) is -4.32. The van der Waals surface area contributed by atoms with Crippen LogP contribution in [-0.4, -0.2) is 30.5 Å². The molecular weight excluding hydrogens is 447 g/mol. The minimum Gasteiger partial charge on any atom is -0.480 e. The first-order valence-corrected chi connectivity index (χ1v) is 11.3. The number of hydrogen-bond acceptors (Lipinski definition) is 3. The van der Waals surface area contributed by atoms with Crippen molar-refractivity contribution in [3.8, 4) is 0 Å². The highest BCUT2D eigenvalue weighted by atomic mass is 35.5. The Bertz CT molecular complexity index is 1210. The molecule has 2 N–H and O–H groups in total. The van der Waals surface area contributed by atoms with Crippen LogP contribution in [0.1, 0.15) is 26.3 Å². The first-order chi connectivity index (χ1) is 13.8. The fourth-order valence-electron chi connectivity index (χ4n) is 3.51. The maximum atomic E-state index is 13.8. The number of sulfonamides is 1. The molecule has 0 spiro atoms. The molecule has 0 aliphatic rings. The fraction of sp³-hybridized carbons (Fsp3) is 0.286. The van der Waals surface area contributed by atoms with Gasteiger partial charge in [0, 0.05) is 27.1 Å². The molecule has 0 amide bonds. The summed E-state index contributed by atoms with van der Waals surface area (Å²) < 4.78 is 28.5. The van der Waals surface area contributed by atoms with Crippen LogP contribution in [0.2, 0.25) is 10.0 Å². The van der Waals surface area contributed by atoms with Gasteiger partial charge in [-0.2, -0.15) is 0 Å². The summed E-state index contributed by atoms with van der Waals surface area (Å²) in [6, 6.07) is 7.68. The normalized spacial score (nSPS) is 13.4. The Morgan fingerprint density at radius 2 is 1.70 bits per heavy atom. The Balaban J connectivity index is 2.35. The molecule has 9 heteroatoms. The van der Waals surface area contributed by atoms with E-state index in [4.69, 9.17) is 23.2 Å². The van der Waals surface area contributed by atoms with E-state index in [1.54, 1.807) is 45.2 Å². The number of anilines is 1. The van der Waals surface area contributed by atoms with Crippen LogP contribution < -0.4 is 4.31 Å². The topological polar surface area (TPSA) is 90.5 Å². The number of nitrogens with zero attached hydrogens (tertiary/aromatic N) is 1. The highest BCUT2D eigenvalue weighted by molar-refractivity contribution is 7.93. The van der Waals surface area contributed by atoms with Crippen molar-refractivity contribution in [1.82, 2.24) is 4.98 Å². The van der Waals surface area contributed by atoms with Gasteiger partial charge in [0.2, 0.25) is 0 Å². The Hall–Kier alpha value is -2.22. The highest BCUT2D eigenvalue weighted by Crippen LogP contribution is 2.37. The number of fused-ring (bicyclic) bond motifs is 1. The quantitative estimate of drug-likeness (QED) is 0.518. The number of benzene rings is 2. The number of nitrogens with one attached hydrogen (secondary N) is 1. The molecule has 0 saturated heterocycles. The van der Waals surface area contributed by atoms with Crippen LogP contribution in [0, 0.1) is 12.3 Å². The maximum Gasteiger partial charge on any atom is 0.328 e. The van der Waals surface area contributed by atoms with Crippen LogP contribution in [0.5, 0.6) is 0 Å². The number of carbonyl (C=O) groups is 1. The number of hydrogen-bond donors (Lipinski definition) is 2. The van der Waals surface area contributed by atoms with Gasteiger partial charge in [-0.3, -0.25) is 4.31 Å². The predicted molar refractivity (Wildman–Crippen MR) is 120 cm³/mol. The Labute approximate surface area is 185 Å². The number of rotatable bonds is 5. The Kier molecular flexibility index (Phi) is 5.84. The molecule has 0 aliphatic carbocycles. The van der Waals surface area contributed by atoms with E-state index >= 15 is 0 Å². The highest BCUT2D eigenvalue weighted by Gasteiger charge is 2.43. The summed E-state index contributed by atoms with van der Waals surface area (Å²) >= 11 is 12.1. The van der Waals surface area contributed by atoms with Crippen molar-refractivity contribution in [3.63, 3.8) is 0 Å². The second-order valence-corrected chi connectivity index (χ2v) is 10.9. The maximum absolute atomic E-state index is 13.8. The third-order valence-corrected chi connectivity index (χ3v) is 6.98. The van der Waals surface area contributed by atoms with E-state index in [2.05, 4.69) is 4.98 Å². The summed E-state index contributed by atoms with van der Waals surface area (Å²) in [6.45, 7) is 6.87. The molecule has 0 radical (unpaired) electrons. The second kappa shape index (κ2) is 7.80. The van der Waals surface area contributed by atoms with E-state index in [0.717, 1.165) is 20.8 Å². The third-order valence-electron chi connectivity index (χ3n) is 4.78. The molecule has 160 valence electrons. The largest absolute Gasteiger partial charge is 0.480 e. The Morgan fingerprint density at radius 3 is 2.23 bits per heavy atom. The molecule has 3 aromatic rings. The number of aliphatic carboxylic acids is 1. The zero-order chi connectivity index (χ0) is 22.4. The monoisotopic (exact) mass is 468 g/mol. The van der Waals surface area contributed by atoms with Crippen molar-refractivity contribution in [2.24, 2.45) is 5.41 Å². The predicted octanol–water partition coefficient (Wildman–Crippen LogP) is 5.48. The van der Waals surface area contributed by atoms with Crippen LogP contribution in [0.15, 0.2) is 47.5 Å². The van der Waals surface area contributed by atoms with Gasteiger partial charge in [-0.15, -0.1) is 0 Å². The van der Waals surface area contributed by atoms with Gasteiger partial charge in [-0.25, -0.2) is 13.2 Å². The summed E-state index contributed by atoms with van der Waals surface area (Å²) in [5.74, 6) is -1.26. The van der Waals surface area contributed by atoms with Gasteiger partial charge in [0.15, 0.2) is 0 Å². The summed E-state index contributed by atoms with van der Waals surface area (Å²) in [5.41, 5.74) is 0.972. The molecule has 1 atom stereocenters. The van der Waals surface area contributed by atoms with E-state index in [-0.39, 0.29) is 20.6 Å². The lowest BCUT2D eigenvalue weighted by Gasteiger charge is -2.38. The molecule has 0 fully saturated rings. The molecule has 0 aliphatic heterocycles. The Morgan fingerprint density at radius 1 is 1.10 bits per heavy atom. The molecule has 0 saturated carbocycles. The molecule has 1 aromatic heterocycles. The van der Waals surface area contributed by atoms with Crippen LogP contribution in [0.25, 0.3) is 10.9 Å². The first kappa shape index (κ1) is 22.5. The number of carboxylic acids is 1. The van der Waals surface area contributed by atoms with E-state index < -0.39 is 27.4 Å². The molecule has 2 aromatic carbocycles. The van der Waals surface area contributed by atoms with E-state index in [1.807, 2.05) is 6.92 Å². The minimum atomic E-state index is -4.32. The second-order valence-electron chi connectivity index (χ2n) is 8.22. The minimum absolute atomic E-state index is 0.140. The molecule has 1 heterocycles. The molecule has 6 nitrogen and oxygen atoms in total. The summed E-state index contributed by atoms with van der Waals surface area (Å²) in [5, 5.41) is 11.1. The van der Waals surface area contributed by atoms with Crippen molar-refractivity contribution < 1.29 is 18.3 Å². The van der Waals surface area contributed by atoms with Gasteiger partial charge in [-0.1, -0.05) is 44.0 Å². The van der Waals surface area contributed by atoms with Crippen molar-refractivity contribution in [2.45, 2.75) is 38.6 Å². The SMILES string of the molecule is Cc1cc(N(C(C(=O)O)C(C)(C)C)S(=O)(=O)c2cc(Cl)cc(Cl)c2)cc2cc[nH]c12. The number of aromatic amines is 1. The van der Waals surface area contributed by atoms with Crippen molar-refractivity contribution in [2.75, 3.05) is 4.31 Å². The average Bonchev–Trinajstić information content (AvgIpc) is 3.06. The number of halogens is 2. The lowest BCUT2D eigenvalue weighted by molar-refractivity contribution is -0.140. The number of aryl methyl sites for hydroxylation is 1. The van der Waals surface area contributed by atoms with Gasteiger partial charge in [-0.05, 0) is 54.3 Å². The molecule has 30 heavy (non-hydrogen) atoms. The van der Waals surface area contributed by atoms with Crippen LogP contribution >= 0.6 is 23.2 Å². The third kappa shape index (κ3) is 4.15. The standard InChI is InChI=1S/C21H22Cl2N2O4S/c1-12-7-16(8-13-5-6-24-18(12)13)25(19(20(26)27)21(2,3)4)30(28,29)17-10-14(22)9-15(23)11-17/h5-11,19,24H,1-4H3,(H,26,27). The van der Waals surface area contributed by atoms with E-state index in [0.29, 0.717) is 0 Å². The van der Waals surface area contributed by atoms with Gasteiger partial charge in [0.05, 0.1) is 10.6 Å². The van der Waals surface area contributed by atoms with E-state index in [9.17, 15) is 18.3 Å². The van der Waals surface area contributed by atoms with Gasteiger partial charge in [0.25, 0.3) is 10.0 Å². The van der Waals surface area contributed by atoms with Crippen LogP contribution in [-0.2, 0) is 14.8 Å². The lowest BCUT2D eigenvalue weighted by Crippen LogP contribution is -2.52. The van der Waals surface area contributed by atoms with Crippen LogP contribution in [0.3, 0.4) is 0 Å². The molecule has 1 unspecified atom stereocenters. The molecule has 0 bridgehead atoms. The van der Waals surface area contributed by atoms with E-state index in [1.165, 1.54) is 18.2 Å². The zero-order valence-corrected chi connectivity index (χ0v) is 19.2. The summed E-state index contributed by atoms with van der Waals surface area (Å²) in [4.78, 5) is 15.2. The van der Waals surface area contributed by atoms with Crippen LogP contribution in [0.4, 0.5) is 5.69 Å². The molecule has 3 rings (SSSR count). The number of H-pyrrole nitrogens is 1. The summed E-state index contributed by atoms with van der Waals surface area (Å²) in [6.07, 6.45) is 1.75. The lowest BCUT2D eigenvalue weighted by atomic mass is 9.86. The fourth-order valence-corrected chi connectivity index (χ4v) is 6.01.